The van der Waals surface area contributed by atoms with Gasteiger partial charge in [0, 0.05) is 18.8 Å². The SMILES string of the molecule is CO/N=C1/CN(c2c(F)cc3c(=O)c(C(=O)O)cn(C4CC4)c3c2Cl)C[C@@H]1N. The molecule has 2 heterocycles. The van der Waals surface area contributed by atoms with Crippen LogP contribution in [0.5, 0.6) is 0 Å². The smallest absolute Gasteiger partial charge is 0.341 e. The molecule has 1 atom stereocenters. The molecule has 1 saturated carbocycles. The van der Waals surface area contributed by atoms with Crippen LogP contribution in [0, 0.1) is 5.82 Å². The molecule has 2 aliphatic rings. The van der Waals surface area contributed by atoms with Crippen molar-refractivity contribution in [1.29, 1.82) is 0 Å². The summed E-state index contributed by atoms with van der Waals surface area (Å²) in [6, 6.07) is 0.649. The van der Waals surface area contributed by atoms with Crippen molar-refractivity contribution in [2.45, 2.75) is 24.9 Å². The summed E-state index contributed by atoms with van der Waals surface area (Å²) >= 11 is 6.58. The topological polar surface area (TPSA) is 110 Å². The minimum absolute atomic E-state index is 0.0310. The molecule has 0 amide bonds. The number of benzene rings is 1. The lowest BCUT2D eigenvalue weighted by atomic mass is 10.1. The fraction of sp³-hybridized carbons (Fsp3) is 0.389. The number of aromatic carboxylic acids is 1. The van der Waals surface area contributed by atoms with E-state index in [4.69, 9.17) is 22.2 Å². The summed E-state index contributed by atoms with van der Waals surface area (Å²) < 4.78 is 16.7. The zero-order chi connectivity index (χ0) is 20.2. The first kappa shape index (κ1) is 18.7. The zero-order valence-corrected chi connectivity index (χ0v) is 15.7. The molecule has 0 bridgehead atoms. The standard InChI is InChI=1S/C18H18ClFN4O4/c1-28-22-13-7-23(6-12(13)21)16-11(20)4-9-15(14(16)19)24(8-2-3-8)5-10(17(9)25)18(26)27/h4-5,8,12H,2-3,6-7,21H2,1H3,(H,26,27)/b22-13-/t12-/m0/s1. The second-order valence-corrected chi connectivity index (χ2v) is 7.36. The molecule has 148 valence electrons. The Morgan fingerprint density at radius 2 is 2.18 bits per heavy atom. The van der Waals surface area contributed by atoms with Crippen LogP contribution in [0.15, 0.2) is 22.2 Å². The van der Waals surface area contributed by atoms with E-state index in [1.54, 1.807) is 9.47 Å². The van der Waals surface area contributed by atoms with Gasteiger partial charge < -0.3 is 25.1 Å². The first-order valence-corrected chi connectivity index (χ1v) is 9.11. The van der Waals surface area contributed by atoms with Gasteiger partial charge in [0.1, 0.15) is 18.5 Å². The van der Waals surface area contributed by atoms with Gasteiger partial charge in [-0.1, -0.05) is 16.8 Å². The Labute approximate surface area is 163 Å². The van der Waals surface area contributed by atoms with E-state index in [2.05, 4.69) is 5.16 Å². The summed E-state index contributed by atoms with van der Waals surface area (Å²) in [6.07, 6.45) is 2.96. The first-order chi connectivity index (χ1) is 13.3. The van der Waals surface area contributed by atoms with Crippen LogP contribution in [0.2, 0.25) is 5.02 Å². The van der Waals surface area contributed by atoms with E-state index >= 15 is 0 Å². The van der Waals surface area contributed by atoms with E-state index in [1.807, 2.05) is 0 Å². The Hall–Kier alpha value is -2.65. The maximum absolute atomic E-state index is 15.0. The number of aromatic nitrogens is 1. The number of oxime groups is 1. The van der Waals surface area contributed by atoms with Gasteiger partial charge in [0.15, 0.2) is 0 Å². The third kappa shape index (κ3) is 2.91. The molecule has 1 aromatic heterocycles. The molecule has 4 rings (SSSR count). The van der Waals surface area contributed by atoms with Gasteiger partial charge in [0.25, 0.3) is 0 Å². The number of carboxylic acid groups (broad SMARTS) is 1. The van der Waals surface area contributed by atoms with Gasteiger partial charge in [0.2, 0.25) is 5.43 Å². The van der Waals surface area contributed by atoms with Gasteiger partial charge >= 0.3 is 5.97 Å². The van der Waals surface area contributed by atoms with E-state index in [0.29, 0.717) is 11.2 Å². The first-order valence-electron chi connectivity index (χ1n) is 8.74. The number of anilines is 1. The number of nitrogens with two attached hydrogens (primary N) is 1. The molecule has 0 spiro atoms. The van der Waals surface area contributed by atoms with Crippen molar-refractivity contribution < 1.29 is 19.1 Å². The van der Waals surface area contributed by atoms with Crippen LogP contribution < -0.4 is 16.1 Å². The third-order valence-electron chi connectivity index (χ3n) is 5.08. The lowest BCUT2D eigenvalue weighted by Crippen LogP contribution is -2.30. The highest BCUT2D eigenvalue weighted by Crippen LogP contribution is 2.42. The third-order valence-corrected chi connectivity index (χ3v) is 5.44. The molecule has 1 aromatic carbocycles. The van der Waals surface area contributed by atoms with Crippen molar-refractivity contribution in [2.75, 3.05) is 25.1 Å². The van der Waals surface area contributed by atoms with Crippen molar-refractivity contribution in [1.82, 2.24) is 4.57 Å². The maximum atomic E-state index is 15.0. The van der Waals surface area contributed by atoms with Crippen LogP contribution in [-0.4, -0.2) is 47.6 Å². The molecule has 0 radical (unpaired) electrons. The Bertz CT molecular complexity index is 1080. The highest BCUT2D eigenvalue weighted by molar-refractivity contribution is 6.38. The molecule has 1 saturated heterocycles. The maximum Gasteiger partial charge on any atom is 0.341 e. The van der Waals surface area contributed by atoms with Gasteiger partial charge in [-0.25, -0.2) is 9.18 Å². The molecular formula is C18H18ClFN4O4. The lowest BCUT2D eigenvalue weighted by molar-refractivity contribution is 0.0695. The summed E-state index contributed by atoms with van der Waals surface area (Å²) in [6.45, 7) is 0.517. The van der Waals surface area contributed by atoms with Crippen molar-refractivity contribution >= 4 is 39.9 Å². The number of hydrogen-bond acceptors (Lipinski definition) is 6. The Kier molecular flexibility index (Phi) is 4.51. The number of fused-ring (bicyclic) bond motifs is 1. The monoisotopic (exact) mass is 408 g/mol. The van der Waals surface area contributed by atoms with Gasteiger partial charge in [-0.3, -0.25) is 4.79 Å². The van der Waals surface area contributed by atoms with Crippen LogP contribution >= 0.6 is 11.6 Å². The minimum Gasteiger partial charge on any atom is -0.477 e. The van der Waals surface area contributed by atoms with E-state index in [-0.39, 0.29) is 35.2 Å². The lowest BCUT2D eigenvalue weighted by Gasteiger charge is -2.22. The van der Waals surface area contributed by atoms with Gasteiger partial charge in [-0.15, -0.1) is 0 Å². The molecule has 8 nitrogen and oxygen atoms in total. The van der Waals surface area contributed by atoms with Crippen molar-refractivity contribution in [3.63, 3.8) is 0 Å². The molecular weight excluding hydrogens is 391 g/mol. The fourth-order valence-corrected chi connectivity index (χ4v) is 4.03. The van der Waals surface area contributed by atoms with Crippen LogP contribution in [-0.2, 0) is 4.84 Å². The molecule has 28 heavy (non-hydrogen) atoms. The van der Waals surface area contributed by atoms with Crippen molar-refractivity contribution in [3.8, 4) is 0 Å². The van der Waals surface area contributed by atoms with E-state index in [1.165, 1.54) is 13.3 Å². The van der Waals surface area contributed by atoms with Crippen molar-refractivity contribution in [2.24, 2.45) is 10.9 Å². The Morgan fingerprint density at radius 1 is 1.46 bits per heavy atom. The number of halogens is 2. The average Bonchev–Trinajstić information content (AvgIpc) is 3.41. The molecule has 10 heteroatoms. The number of carbonyl (C=O) groups is 1. The van der Waals surface area contributed by atoms with Gasteiger partial charge in [0.05, 0.1) is 39.9 Å². The molecule has 2 aromatic rings. The Morgan fingerprint density at radius 3 is 2.79 bits per heavy atom. The normalized spacial score (nSPS) is 20.9. The highest BCUT2D eigenvalue weighted by Gasteiger charge is 2.33. The van der Waals surface area contributed by atoms with Gasteiger partial charge in [-0.05, 0) is 18.9 Å². The van der Waals surface area contributed by atoms with E-state index in [0.717, 1.165) is 18.9 Å². The predicted octanol–water partition coefficient (Wildman–Crippen LogP) is 1.98. The van der Waals surface area contributed by atoms with Crippen LogP contribution in [0.1, 0.15) is 29.2 Å². The number of hydrogen-bond donors (Lipinski definition) is 2. The van der Waals surface area contributed by atoms with E-state index < -0.39 is 28.8 Å². The number of pyridine rings is 1. The second-order valence-electron chi connectivity index (χ2n) is 6.98. The summed E-state index contributed by atoms with van der Waals surface area (Å²) in [5.74, 6) is -2.07. The van der Waals surface area contributed by atoms with Crippen molar-refractivity contribution in [3.05, 3.63) is 38.9 Å². The Balaban J connectivity index is 1.95. The summed E-state index contributed by atoms with van der Waals surface area (Å²) in [5.41, 5.74) is 5.87. The largest absolute Gasteiger partial charge is 0.477 e. The molecule has 1 aliphatic carbocycles. The molecule has 3 N–H and O–H groups in total. The second kappa shape index (κ2) is 6.75. The molecule has 1 aliphatic heterocycles. The summed E-state index contributed by atoms with van der Waals surface area (Å²) in [5, 5.41) is 13.2. The number of nitrogens with zero attached hydrogens (tertiary/aromatic N) is 3. The number of carboxylic acids is 1. The zero-order valence-electron chi connectivity index (χ0n) is 15.0. The summed E-state index contributed by atoms with van der Waals surface area (Å²) in [7, 11) is 1.40. The number of rotatable bonds is 4. The fourth-order valence-electron chi connectivity index (χ4n) is 3.62. The van der Waals surface area contributed by atoms with Crippen LogP contribution in [0.3, 0.4) is 0 Å². The van der Waals surface area contributed by atoms with Crippen LogP contribution in [0.4, 0.5) is 10.1 Å². The summed E-state index contributed by atoms with van der Waals surface area (Å²) in [4.78, 5) is 30.5. The molecule has 2 fully saturated rings. The molecule has 0 unspecified atom stereocenters. The predicted molar refractivity (Wildman–Crippen MR) is 103 cm³/mol. The highest BCUT2D eigenvalue weighted by atomic mass is 35.5. The van der Waals surface area contributed by atoms with Gasteiger partial charge in [-0.2, -0.15) is 0 Å². The van der Waals surface area contributed by atoms with E-state index in [9.17, 15) is 19.1 Å². The van der Waals surface area contributed by atoms with Crippen LogP contribution in [0.25, 0.3) is 10.9 Å². The average molecular weight is 409 g/mol. The minimum atomic E-state index is -1.35. The quantitative estimate of drug-likeness (QED) is 0.748.